The Morgan fingerprint density at radius 2 is 1.84 bits per heavy atom. The van der Waals surface area contributed by atoms with Crippen molar-refractivity contribution in [1.82, 2.24) is 15.3 Å². The van der Waals surface area contributed by atoms with Gasteiger partial charge in [-0.2, -0.15) is 10.6 Å². The molecule has 1 fully saturated rings. The van der Waals surface area contributed by atoms with E-state index >= 15 is 0 Å². The first-order valence-corrected chi connectivity index (χ1v) is 14.4. The van der Waals surface area contributed by atoms with Gasteiger partial charge in [-0.05, 0) is 69.4 Å². The van der Waals surface area contributed by atoms with Gasteiger partial charge < -0.3 is 25.4 Å². The molecule has 1 aliphatic heterocycles. The molecule has 5 N–H and O–H groups in total. The normalized spacial score (nSPS) is 16.7. The molecule has 3 aromatic rings. The third-order valence-corrected chi connectivity index (χ3v) is 9.38. The number of benzene rings is 2. The lowest BCUT2D eigenvalue weighted by atomic mass is 10.1. The predicted molar refractivity (Wildman–Crippen MR) is 157 cm³/mol. The molecule has 1 aromatic heterocycles. The van der Waals surface area contributed by atoms with Crippen LogP contribution in [0.2, 0.25) is 0 Å². The van der Waals surface area contributed by atoms with Crippen LogP contribution in [0.5, 0.6) is 0 Å². The number of thiocarbonyl (C=S) groups is 1. The van der Waals surface area contributed by atoms with Gasteiger partial charge in [0.05, 0.1) is 36.5 Å². The first-order chi connectivity index (χ1) is 18.1. The molecule has 2 aromatic carbocycles. The van der Waals surface area contributed by atoms with Crippen LogP contribution in [-0.2, 0) is 9.48 Å². The Morgan fingerprint density at radius 3 is 2.50 bits per heavy atom. The lowest BCUT2D eigenvalue weighted by Gasteiger charge is -2.46. The third kappa shape index (κ3) is 6.09. The molecule has 0 aliphatic carbocycles. The van der Waals surface area contributed by atoms with Crippen molar-refractivity contribution in [2.75, 3.05) is 43.1 Å². The van der Waals surface area contributed by atoms with Crippen LogP contribution < -0.4 is 15.5 Å². The zero-order chi connectivity index (χ0) is 27.3. The Labute approximate surface area is 230 Å². The Morgan fingerprint density at radius 1 is 1.13 bits per heavy atom. The fraction of sp³-hybridized carbons (Fsp3) is 0.370. The molecule has 0 amide bonds. The van der Waals surface area contributed by atoms with Crippen LogP contribution >= 0.6 is 22.8 Å². The minimum absolute atomic E-state index is 0.0101. The molecule has 1 atom stereocenters. The maximum atomic E-state index is 11.5. The number of rotatable bonds is 8. The van der Waals surface area contributed by atoms with E-state index in [0.717, 1.165) is 11.3 Å². The Balaban J connectivity index is 1.74. The van der Waals surface area contributed by atoms with Crippen LogP contribution in [0.4, 0.5) is 11.5 Å². The molecule has 38 heavy (non-hydrogen) atoms. The first-order valence-electron chi connectivity index (χ1n) is 12.5. The highest BCUT2D eigenvalue weighted by atomic mass is 32.3. The van der Waals surface area contributed by atoms with Gasteiger partial charge in [0.1, 0.15) is 10.6 Å². The molecule has 1 saturated heterocycles. The Hall–Kier alpha value is -2.80. The monoisotopic (exact) mass is 557 g/mol. The van der Waals surface area contributed by atoms with Crippen LogP contribution in [0.1, 0.15) is 26.5 Å². The average molecular weight is 558 g/mol. The molecule has 11 heteroatoms. The molecular weight excluding hydrogens is 522 g/mol. The van der Waals surface area contributed by atoms with Gasteiger partial charge in [0.15, 0.2) is 10.9 Å². The number of hydrogen-bond donors (Lipinski definition) is 5. The summed E-state index contributed by atoms with van der Waals surface area (Å²) in [7, 11) is -3.26. The highest BCUT2D eigenvalue weighted by Crippen LogP contribution is 2.63. The number of nitrogens with zero attached hydrogens (tertiary/aromatic N) is 3. The minimum Gasteiger partial charge on any atom is -0.395 e. The smallest absolute Gasteiger partial charge is 0.170 e. The second-order valence-electron chi connectivity index (χ2n) is 9.61. The number of morpholine rings is 1. The van der Waals surface area contributed by atoms with Crippen molar-refractivity contribution in [2.45, 2.75) is 36.5 Å². The molecular formula is C27H35N5O4S2. The maximum Gasteiger partial charge on any atom is 0.170 e. The van der Waals surface area contributed by atoms with Crippen LogP contribution in [0.3, 0.4) is 0 Å². The van der Waals surface area contributed by atoms with Crippen molar-refractivity contribution in [2.24, 2.45) is 0 Å². The number of aromatic nitrogens is 2. The fourth-order valence-electron chi connectivity index (χ4n) is 4.18. The fourth-order valence-corrected chi connectivity index (χ4v) is 5.93. The predicted octanol–water partition coefficient (Wildman–Crippen LogP) is 4.69. The number of nitrogens with one attached hydrogen (secondary N) is 2. The van der Waals surface area contributed by atoms with E-state index in [9.17, 15) is 9.11 Å². The minimum atomic E-state index is -3.26. The number of hydrogen-bond acceptors (Lipinski definition) is 8. The highest BCUT2D eigenvalue weighted by Gasteiger charge is 2.40. The topological polar surface area (TPSA) is 123 Å². The van der Waals surface area contributed by atoms with Crippen molar-refractivity contribution < 1.29 is 18.9 Å². The molecule has 2 heterocycles. The van der Waals surface area contributed by atoms with Crippen molar-refractivity contribution in [3.63, 3.8) is 0 Å². The lowest BCUT2D eigenvalue weighted by molar-refractivity contribution is 0.0985. The van der Waals surface area contributed by atoms with Crippen LogP contribution in [0, 0.1) is 0 Å². The second kappa shape index (κ2) is 11.9. The molecule has 4 rings (SSSR count). The summed E-state index contributed by atoms with van der Waals surface area (Å²) in [6.45, 7) is 7.90. The Bertz CT molecular complexity index is 1240. The number of aliphatic hydroxyl groups is 1. The quantitative estimate of drug-likeness (QED) is 0.249. The molecule has 0 bridgehead atoms. The van der Waals surface area contributed by atoms with E-state index in [1.54, 1.807) is 38.1 Å². The van der Waals surface area contributed by atoms with E-state index in [-0.39, 0.29) is 12.6 Å². The number of aliphatic hydroxyl groups excluding tert-OH is 1. The van der Waals surface area contributed by atoms with E-state index in [2.05, 4.69) is 22.5 Å². The maximum absolute atomic E-state index is 11.5. The molecule has 0 unspecified atom stereocenters. The highest BCUT2D eigenvalue weighted by molar-refractivity contribution is 8.25. The van der Waals surface area contributed by atoms with Gasteiger partial charge in [0.25, 0.3) is 0 Å². The van der Waals surface area contributed by atoms with Gasteiger partial charge in [-0.1, -0.05) is 18.2 Å². The summed E-state index contributed by atoms with van der Waals surface area (Å²) in [6, 6.07) is 18.4. The van der Waals surface area contributed by atoms with Gasteiger partial charge >= 0.3 is 0 Å². The summed E-state index contributed by atoms with van der Waals surface area (Å²) in [5.74, 6) is 1.20. The van der Waals surface area contributed by atoms with Crippen molar-refractivity contribution in [3.05, 3.63) is 66.4 Å². The summed E-state index contributed by atoms with van der Waals surface area (Å²) < 4.78 is 27.5. The van der Waals surface area contributed by atoms with Gasteiger partial charge in [-0.25, -0.2) is 9.97 Å². The zero-order valence-electron chi connectivity index (χ0n) is 21.8. The van der Waals surface area contributed by atoms with Gasteiger partial charge in [0.2, 0.25) is 0 Å². The van der Waals surface area contributed by atoms with Crippen LogP contribution in [-0.4, -0.2) is 68.2 Å². The lowest BCUT2D eigenvalue weighted by Crippen LogP contribution is -2.44. The molecule has 0 spiro atoms. The average Bonchev–Trinajstić information content (AvgIpc) is 2.92. The summed E-state index contributed by atoms with van der Waals surface area (Å²) in [5.41, 5.74) is 2.10. The standard InChI is InChI=1S/C27H35N5O4S2/c1-19-18-36-16-14-32(19)24-17-23(27(2,3)38(34,35)22-7-5-4-6-8-22)30-25(31-24)20-9-11-21(12-10-20)29-26(37)28-13-15-33/h4-12,17,19,33-35H,13-16,18H2,1-3H3,(H2,28,29,37)/t19-/m0/s1. The van der Waals surface area contributed by atoms with E-state index in [1.165, 1.54) is 0 Å². The summed E-state index contributed by atoms with van der Waals surface area (Å²) in [5, 5.41) is 15.4. The molecule has 0 radical (unpaired) electrons. The second-order valence-corrected chi connectivity index (χ2v) is 12.6. The molecule has 9 nitrogen and oxygen atoms in total. The summed E-state index contributed by atoms with van der Waals surface area (Å²) in [6.07, 6.45) is 0. The van der Waals surface area contributed by atoms with E-state index in [1.807, 2.05) is 36.4 Å². The van der Waals surface area contributed by atoms with Crippen molar-refractivity contribution >= 4 is 39.4 Å². The van der Waals surface area contributed by atoms with E-state index in [0.29, 0.717) is 53.6 Å². The number of anilines is 2. The van der Waals surface area contributed by atoms with Gasteiger partial charge in [-0.15, -0.1) is 0 Å². The number of ether oxygens (including phenoxy) is 1. The van der Waals surface area contributed by atoms with E-state index < -0.39 is 15.3 Å². The SMILES string of the molecule is C[C@H]1COCCN1c1cc(C(C)(C)S(O)(O)c2ccccc2)nc(-c2ccc(NC(=S)NCCO)cc2)n1. The molecule has 1 aliphatic rings. The van der Waals surface area contributed by atoms with Crippen LogP contribution in [0.15, 0.2) is 65.6 Å². The van der Waals surface area contributed by atoms with Gasteiger partial charge in [0, 0.05) is 30.4 Å². The van der Waals surface area contributed by atoms with Crippen LogP contribution in [0.25, 0.3) is 11.4 Å². The Kier molecular flexibility index (Phi) is 8.86. The van der Waals surface area contributed by atoms with Crippen molar-refractivity contribution in [1.29, 1.82) is 0 Å². The first kappa shape index (κ1) is 28.2. The molecule has 204 valence electrons. The van der Waals surface area contributed by atoms with Crippen molar-refractivity contribution in [3.8, 4) is 11.4 Å². The summed E-state index contributed by atoms with van der Waals surface area (Å²) >= 11 is 5.24. The third-order valence-electron chi connectivity index (χ3n) is 6.57. The zero-order valence-corrected chi connectivity index (χ0v) is 23.4. The van der Waals surface area contributed by atoms with Gasteiger partial charge in [-0.3, -0.25) is 9.11 Å². The molecule has 0 saturated carbocycles. The summed E-state index contributed by atoms with van der Waals surface area (Å²) in [4.78, 5) is 12.4. The van der Waals surface area contributed by atoms with E-state index in [4.69, 9.17) is 32.0 Å². The largest absolute Gasteiger partial charge is 0.395 e.